The number of benzene rings is 1. The Bertz CT molecular complexity index is 733. The first-order chi connectivity index (χ1) is 11.3. The van der Waals surface area contributed by atoms with Crippen LogP contribution in [0, 0.1) is 5.92 Å². The average Bonchev–Trinajstić information content (AvgIpc) is 2.91. The smallest absolute Gasteiger partial charge is 0.319 e. The number of carbonyl (C=O) groups excluding carboxylic acids is 2. The van der Waals surface area contributed by atoms with E-state index in [4.69, 9.17) is 4.74 Å². The summed E-state index contributed by atoms with van der Waals surface area (Å²) in [7, 11) is 0.00173. The van der Waals surface area contributed by atoms with Crippen LogP contribution in [-0.4, -0.2) is 52.6 Å². The number of ether oxygens (including phenoxy) is 1. The molecule has 0 radical (unpaired) electrons. The third-order valence-electron chi connectivity index (χ3n) is 3.81. The monoisotopic (exact) mass is 355 g/mol. The van der Waals surface area contributed by atoms with Crippen molar-refractivity contribution in [3.63, 3.8) is 0 Å². The van der Waals surface area contributed by atoms with E-state index in [0.717, 1.165) is 0 Å². The van der Waals surface area contributed by atoms with Crippen LogP contribution >= 0.6 is 0 Å². The fourth-order valence-corrected chi connectivity index (χ4v) is 4.41. The van der Waals surface area contributed by atoms with Crippen LogP contribution in [0.3, 0.4) is 0 Å². The van der Waals surface area contributed by atoms with E-state index in [-0.39, 0.29) is 23.3 Å². The molecule has 0 bridgehead atoms. The van der Waals surface area contributed by atoms with Gasteiger partial charge in [-0.3, -0.25) is 4.79 Å². The molecule has 0 spiro atoms. The summed E-state index contributed by atoms with van der Waals surface area (Å²) in [6.07, 6.45) is 0.561. The summed E-state index contributed by atoms with van der Waals surface area (Å²) < 4.78 is 27.9. The van der Waals surface area contributed by atoms with Gasteiger partial charge in [0.2, 0.25) is 0 Å². The standard InChI is InChI=1S/C15H21N3O5S/c1-16-14(19)12-7-11(3-4-13(12)23-2)18-15(20)17-8-10-5-6-24(21,22)9-10/h3-4,7,10H,5-6,8-9H2,1-2H3,(H,16,19)(H2,17,18,20)/t10-/m1/s1. The van der Waals surface area contributed by atoms with E-state index in [1.807, 2.05) is 0 Å². The van der Waals surface area contributed by atoms with Crippen LogP contribution < -0.4 is 20.7 Å². The SMILES string of the molecule is CNC(=O)c1cc(NC(=O)NC[C@H]2CCS(=O)(=O)C2)ccc1OC. The molecule has 0 saturated carbocycles. The Hall–Kier alpha value is -2.29. The minimum absolute atomic E-state index is 0.0574. The molecule has 132 valence electrons. The number of urea groups is 1. The molecule has 0 unspecified atom stereocenters. The maximum Gasteiger partial charge on any atom is 0.319 e. The Morgan fingerprint density at radius 1 is 1.33 bits per heavy atom. The first-order valence-electron chi connectivity index (χ1n) is 7.50. The predicted octanol–water partition coefficient (Wildman–Crippen LogP) is 0.611. The highest BCUT2D eigenvalue weighted by Gasteiger charge is 2.27. The van der Waals surface area contributed by atoms with Crippen molar-refractivity contribution in [1.82, 2.24) is 10.6 Å². The van der Waals surface area contributed by atoms with Gasteiger partial charge in [0.15, 0.2) is 9.84 Å². The molecule has 1 heterocycles. The van der Waals surface area contributed by atoms with Crippen molar-refractivity contribution in [2.75, 3.05) is 37.5 Å². The number of nitrogens with one attached hydrogen (secondary N) is 3. The normalized spacial score (nSPS) is 18.7. The van der Waals surface area contributed by atoms with Crippen LogP contribution in [0.5, 0.6) is 5.75 Å². The van der Waals surface area contributed by atoms with Gasteiger partial charge in [-0.05, 0) is 30.5 Å². The maximum atomic E-state index is 11.9. The van der Waals surface area contributed by atoms with Gasteiger partial charge in [-0.1, -0.05) is 0 Å². The molecule has 9 heteroatoms. The van der Waals surface area contributed by atoms with Crippen LogP contribution in [0.15, 0.2) is 18.2 Å². The number of amides is 3. The van der Waals surface area contributed by atoms with E-state index in [1.165, 1.54) is 20.2 Å². The molecule has 1 aromatic carbocycles. The number of hydrogen-bond donors (Lipinski definition) is 3. The lowest BCUT2D eigenvalue weighted by Crippen LogP contribution is -2.33. The molecular weight excluding hydrogens is 334 g/mol. The van der Waals surface area contributed by atoms with E-state index in [0.29, 0.717) is 30.0 Å². The third kappa shape index (κ3) is 4.60. The highest BCUT2D eigenvalue weighted by Crippen LogP contribution is 2.22. The second-order valence-corrected chi connectivity index (χ2v) is 7.83. The van der Waals surface area contributed by atoms with E-state index in [9.17, 15) is 18.0 Å². The largest absolute Gasteiger partial charge is 0.496 e. The zero-order valence-electron chi connectivity index (χ0n) is 13.6. The van der Waals surface area contributed by atoms with Crippen molar-refractivity contribution >= 4 is 27.5 Å². The van der Waals surface area contributed by atoms with Gasteiger partial charge in [-0.15, -0.1) is 0 Å². The fourth-order valence-electron chi connectivity index (χ4n) is 2.54. The number of methoxy groups -OCH3 is 1. The molecule has 24 heavy (non-hydrogen) atoms. The van der Waals surface area contributed by atoms with Crippen LogP contribution in [0.25, 0.3) is 0 Å². The van der Waals surface area contributed by atoms with Gasteiger partial charge in [0, 0.05) is 19.3 Å². The summed E-state index contributed by atoms with van der Waals surface area (Å²) in [5.41, 5.74) is 0.741. The minimum Gasteiger partial charge on any atom is -0.496 e. The molecule has 8 nitrogen and oxygen atoms in total. The van der Waals surface area contributed by atoms with Gasteiger partial charge in [0.05, 0.1) is 24.2 Å². The van der Waals surface area contributed by atoms with E-state index in [1.54, 1.807) is 12.1 Å². The molecule has 1 aromatic rings. The Kier molecular flexibility index (Phi) is 5.66. The summed E-state index contributed by atoms with van der Waals surface area (Å²) in [5.74, 6) is 0.299. The Morgan fingerprint density at radius 2 is 2.08 bits per heavy atom. The first-order valence-corrected chi connectivity index (χ1v) is 9.32. The highest BCUT2D eigenvalue weighted by molar-refractivity contribution is 7.91. The Labute approximate surface area is 140 Å². The lowest BCUT2D eigenvalue weighted by Gasteiger charge is -2.13. The molecule has 1 aliphatic rings. The zero-order chi connectivity index (χ0) is 17.7. The number of anilines is 1. The molecule has 3 N–H and O–H groups in total. The Balaban J connectivity index is 1.95. The van der Waals surface area contributed by atoms with Crippen molar-refractivity contribution in [2.24, 2.45) is 5.92 Å². The fraction of sp³-hybridized carbons (Fsp3) is 0.467. The minimum atomic E-state index is -2.96. The predicted molar refractivity (Wildman–Crippen MR) is 90.2 cm³/mol. The van der Waals surface area contributed by atoms with Crippen molar-refractivity contribution < 1.29 is 22.7 Å². The number of carbonyl (C=O) groups is 2. The van der Waals surface area contributed by atoms with E-state index in [2.05, 4.69) is 16.0 Å². The van der Waals surface area contributed by atoms with Gasteiger partial charge in [0.25, 0.3) is 5.91 Å². The number of sulfone groups is 1. The lowest BCUT2D eigenvalue weighted by molar-refractivity contribution is 0.0960. The van der Waals surface area contributed by atoms with E-state index < -0.39 is 15.9 Å². The van der Waals surface area contributed by atoms with Gasteiger partial charge < -0.3 is 20.7 Å². The van der Waals surface area contributed by atoms with Gasteiger partial charge in [-0.2, -0.15) is 0 Å². The first kappa shape index (κ1) is 18.1. The summed E-state index contributed by atoms with van der Waals surface area (Å²) in [6.45, 7) is 0.295. The Morgan fingerprint density at radius 3 is 2.67 bits per heavy atom. The second kappa shape index (κ2) is 7.52. The quantitative estimate of drug-likeness (QED) is 0.716. The molecule has 0 aromatic heterocycles. The summed E-state index contributed by atoms with van der Waals surface area (Å²) in [5, 5.41) is 7.78. The number of hydrogen-bond acceptors (Lipinski definition) is 5. The topological polar surface area (TPSA) is 114 Å². The van der Waals surface area contributed by atoms with Gasteiger partial charge >= 0.3 is 6.03 Å². The summed E-state index contributed by atoms with van der Waals surface area (Å²) in [4.78, 5) is 23.7. The summed E-state index contributed by atoms with van der Waals surface area (Å²) >= 11 is 0. The van der Waals surface area contributed by atoms with Crippen molar-refractivity contribution in [1.29, 1.82) is 0 Å². The second-order valence-electron chi connectivity index (χ2n) is 5.60. The van der Waals surface area contributed by atoms with Crippen LogP contribution in [0.4, 0.5) is 10.5 Å². The van der Waals surface area contributed by atoms with E-state index >= 15 is 0 Å². The highest BCUT2D eigenvalue weighted by atomic mass is 32.2. The van der Waals surface area contributed by atoms with Crippen molar-refractivity contribution in [2.45, 2.75) is 6.42 Å². The molecule has 1 saturated heterocycles. The molecule has 1 aliphatic heterocycles. The molecule has 1 fully saturated rings. The zero-order valence-corrected chi connectivity index (χ0v) is 14.4. The average molecular weight is 355 g/mol. The molecule has 1 atom stereocenters. The van der Waals surface area contributed by atoms with Gasteiger partial charge in [0.1, 0.15) is 5.75 Å². The number of rotatable bonds is 5. The van der Waals surface area contributed by atoms with Crippen LogP contribution in [0.2, 0.25) is 0 Å². The summed E-state index contributed by atoms with van der Waals surface area (Å²) in [6, 6.07) is 4.26. The van der Waals surface area contributed by atoms with Crippen molar-refractivity contribution in [3.05, 3.63) is 23.8 Å². The molecule has 0 aliphatic carbocycles. The maximum absolute atomic E-state index is 11.9. The molecule has 2 rings (SSSR count). The lowest BCUT2D eigenvalue weighted by atomic mass is 10.1. The van der Waals surface area contributed by atoms with Crippen LogP contribution in [-0.2, 0) is 9.84 Å². The molecular formula is C15H21N3O5S. The van der Waals surface area contributed by atoms with Gasteiger partial charge in [-0.25, -0.2) is 13.2 Å². The molecule has 3 amide bonds. The van der Waals surface area contributed by atoms with Crippen LogP contribution in [0.1, 0.15) is 16.8 Å². The third-order valence-corrected chi connectivity index (χ3v) is 5.64. The van der Waals surface area contributed by atoms with Crippen molar-refractivity contribution in [3.8, 4) is 5.75 Å².